The minimum absolute atomic E-state index is 0.0864. The highest BCUT2D eigenvalue weighted by Crippen LogP contribution is 2.36. The zero-order chi connectivity index (χ0) is 25.1. The van der Waals surface area contributed by atoms with E-state index in [4.69, 9.17) is 5.73 Å². The number of pyridine rings is 1. The molecule has 3 aromatic rings. The molecule has 0 spiro atoms. The summed E-state index contributed by atoms with van der Waals surface area (Å²) >= 11 is 1.29. The molecule has 2 amide bonds. The number of carboxylic acid groups (broad SMARTS) is 1. The Morgan fingerprint density at radius 2 is 1.92 bits per heavy atom. The Hall–Kier alpha value is -3.40. The molecule has 0 saturated carbocycles. The molecule has 3 aliphatic rings. The second-order valence-electron chi connectivity index (χ2n) is 10.1. The maximum atomic E-state index is 15.3. The van der Waals surface area contributed by atoms with Crippen molar-refractivity contribution < 1.29 is 19.1 Å². The van der Waals surface area contributed by atoms with Crippen LogP contribution in [-0.2, 0) is 12.8 Å². The molecule has 6 rings (SSSR count). The van der Waals surface area contributed by atoms with Crippen LogP contribution in [0.2, 0.25) is 0 Å². The summed E-state index contributed by atoms with van der Waals surface area (Å²) < 4.78 is 15.3. The number of halogens is 1. The molecule has 2 saturated heterocycles. The van der Waals surface area contributed by atoms with Gasteiger partial charge in [-0.25, -0.2) is 14.2 Å². The summed E-state index contributed by atoms with van der Waals surface area (Å²) in [4.78, 5) is 33.9. The van der Waals surface area contributed by atoms with Crippen LogP contribution in [0.15, 0.2) is 24.3 Å². The van der Waals surface area contributed by atoms with Gasteiger partial charge in [-0.3, -0.25) is 9.69 Å². The molecule has 2 fully saturated rings. The highest BCUT2D eigenvalue weighted by atomic mass is 32.1. The first-order valence-electron chi connectivity index (χ1n) is 12.3. The number of fused-ring (bicyclic) bond motifs is 4. The Balaban J connectivity index is 1.17. The van der Waals surface area contributed by atoms with E-state index in [2.05, 4.69) is 10.3 Å². The lowest BCUT2D eigenvalue weighted by atomic mass is 9.87. The number of nitrogens with zero attached hydrogens (tertiary/aromatic N) is 3. The number of aromatic nitrogens is 1. The first-order valence-corrected chi connectivity index (χ1v) is 13.1. The molecule has 10 heteroatoms. The quantitative estimate of drug-likeness (QED) is 0.493. The molecular formula is C26H28FN5O3S. The number of nitrogen functional groups attached to an aromatic ring is 1. The Morgan fingerprint density at radius 3 is 2.64 bits per heavy atom. The number of piperazine rings is 1. The lowest BCUT2D eigenvalue weighted by Gasteiger charge is -2.41. The first kappa shape index (κ1) is 23.0. The molecule has 2 aliphatic heterocycles. The number of benzene rings is 1. The van der Waals surface area contributed by atoms with Crippen LogP contribution < -0.4 is 16.0 Å². The van der Waals surface area contributed by atoms with Gasteiger partial charge in [0, 0.05) is 30.2 Å². The van der Waals surface area contributed by atoms with E-state index in [0.717, 1.165) is 52.7 Å². The van der Waals surface area contributed by atoms with E-state index in [1.807, 2.05) is 30.0 Å². The van der Waals surface area contributed by atoms with Crippen molar-refractivity contribution in [2.75, 3.05) is 23.7 Å². The third-order valence-corrected chi connectivity index (χ3v) is 8.93. The fraction of sp³-hybridized carbons (Fsp3) is 0.423. The van der Waals surface area contributed by atoms with Crippen LogP contribution in [0.4, 0.5) is 20.6 Å². The van der Waals surface area contributed by atoms with E-state index >= 15 is 4.39 Å². The summed E-state index contributed by atoms with van der Waals surface area (Å²) in [5.41, 5.74) is 10.1. The summed E-state index contributed by atoms with van der Waals surface area (Å²) in [6, 6.07) is 7.01. The second-order valence-corrected chi connectivity index (χ2v) is 11.1. The molecule has 4 N–H and O–H groups in total. The van der Waals surface area contributed by atoms with Crippen molar-refractivity contribution in [1.29, 1.82) is 0 Å². The SMILES string of the molecule is Cc1ccc2c(N)c(C(=O)NC3CCc4cc(N5CC6CCC(C5)N6C(=O)O)c(F)cc4C3)sc2n1. The molecule has 36 heavy (non-hydrogen) atoms. The third-order valence-electron chi connectivity index (χ3n) is 7.82. The van der Waals surface area contributed by atoms with Crippen LogP contribution in [0.1, 0.15) is 45.8 Å². The Morgan fingerprint density at radius 1 is 1.17 bits per heavy atom. The third kappa shape index (κ3) is 3.84. The number of aryl methyl sites for hydroxylation is 2. The average Bonchev–Trinajstić information content (AvgIpc) is 3.31. The van der Waals surface area contributed by atoms with Gasteiger partial charge >= 0.3 is 6.09 Å². The van der Waals surface area contributed by atoms with Crippen LogP contribution in [0.5, 0.6) is 0 Å². The van der Waals surface area contributed by atoms with Gasteiger partial charge in [0.25, 0.3) is 5.91 Å². The maximum absolute atomic E-state index is 15.3. The number of hydrogen-bond acceptors (Lipinski definition) is 6. The summed E-state index contributed by atoms with van der Waals surface area (Å²) in [5.74, 6) is -0.510. The van der Waals surface area contributed by atoms with Crippen molar-refractivity contribution in [2.45, 2.75) is 57.2 Å². The van der Waals surface area contributed by atoms with Gasteiger partial charge in [0.05, 0.1) is 23.5 Å². The van der Waals surface area contributed by atoms with E-state index in [9.17, 15) is 14.7 Å². The van der Waals surface area contributed by atoms with Gasteiger partial charge in [-0.05, 0) is 74.4 Å². The predicted molar refractivity (Wildman–Crippen MR) is 137 cm³/mol. The van der Waals surface area contributed by atoms with Crippen molar-refractivity contribution in [3.8, 4) is 0 Å². The van der Waals surface area contributed by atoms with Crippen molar-refractivity contribution in [3.63, 3.8) is 0 Å². The number of thiophene rings is 1. The normalized spacial score (nSPS) is 23.1. The van der Waals surface area contributed by atoms with Crippen LogP contribution >= 0.6 is 11.3 Å². The molecule has 8 nitrogen and oxygen atoms in total. The second kappa shape index (κ2) is 8.62. The van der Waals surface area contributed by atoms with E-state index in [-0.39, 0.29) is 29.8 Å². The number of amides is 2. The van der Waals surface area contributed by atoms with Gasteiger partial charge in [-0.1, -0.05) is 0 Å². The van der Waals surface area contributed by atoms with E-state index in [1.54, 1.807) is 11.0 Å². The molecule has 3 atom stereocenters. The van der Waals surface area contributed by atoms with Crippen LogP contribution in [-0.4, -0.2) is 58.2 Å². The molecule has 0 radical (unpaired) electrons. The number of rotatable bonds is 3. The highest BCUT2D eigenvalue weighted by Gasteiger charge is 2.43. The highest BCUT2D eigenvalue weighted by molar-refractivity contribution is 7.21. The van der Waals surface area contributed by atoms with E-state index < -0.39 is 6.09 Å². The fourth-order valence-electron chi connectivity index (χ4n) is 6.05. The molecule has 4 heterocycles. The number of carbonyl (C=O) groups is 2. The number of nitrogens with one attached hydrogen (secondary N) is 1. The first-order chi connectivity index (χ1) is 17.3. The van der Waals surface area contributed by atoms with Gasteiger partial charge in [0.2, 0.25) is 0 Å². The molecule has 188 valence electrons. The molecule has 1 aliphatic carbocycles. The topological polar surface area (TPSA) is 112 Å². The lowest BCUT2D eigenvalue weighted by molar-refractivity contribution is 0.0938. The lowest BCUT2D eigenvalue weighted by Crippen LogP contribution is -2.55. The Labute approximate surface area is 211 Å². The predicted octanol–water partition coefficient (Wildman–Crippen LogP) is 3.94. The summed E-state index contributed by atoms with van der Waals surface area (Å²) in [5, 5.41) is 13.4. The molecule has 3 unspecified atom stereocenters. The maximum Gasteiger partial charge on any atom is 0.407 e. The average molecular weight is 510 g/mol. The summed E-state index contributed by atoms with van der Waals surface area (Å²) in [6.07, 6.45) is 2.80. The van der Waals surface area contributed by atoms with E-state index in [1.165, 1.54) is 11.3 Å². The van der Waals surface area contributed by atoms with Gasteiger partial charge in [-0.2, -0.15) is 0 Å². The largest absolute Gasteiger partial charge is 0.465 e. The zero-order valence-electron chi connectivity index (χ0n) is 20.0. The Kier molecular flexibility index (Phi) is 5.51. The van der Waals surface area contributed by atoms with Crippen molar-refractivity contribution >= 4 is 44.9 Å². The monoisotopic (exact) mass is 509 g/mol. The van der Waals surface area contributed by atoms with E-state index in [0.29, 0.717) is 35.8 Å². The van der Waals surface area contributed by atoms with Crippen molar-refractivity contribution in [2.24, 2.45) is 0 Å². The van der Waals surface area contributed by atoms with Gasteiger partial charge in [-0.15, -0.1) is 11.3 Å². The summed E-state index contributed by atoms with van der Waals surface area (Å²) in [6.45, 7) is 2.93. The number of hydrogen-bond donors (Lipinski definition) is 3. The van der Waals surface area contributed by atoms with Crippen molar-refractivity contribution in [3.05, 3.63) is 51.8 Å². The van der Waals surface area contributed by atoms with Gasteiger partial charge < -0.3 is 21.1 Å². The fourth-order valence-corrected chi connectivity index (χ4v) is 7.10. The smallest absolute Gasteiger partial charge is 0.407 e. The van der Waals surface area contributed by atoms with Crippen LogP contribution in [0.25, 0.3) is 10.2 Å². The van der Waals surface area contributed by atoms with Crippen molar-refractivity contribution in [1.82, 2.24) is 15.2 Å². The summed E-state index contributed by atoms with van der Waals surface area (Å²) in [7, 11) is 0. The van der Waals surface area contributed by atoms with Crippen LogP contribution in [0.3, 0.4) is 0 Å². The zero-order valence-corrected chi connectivity index (χ0v) is 20.8. The molecule has 1 aromatic carbocycles. The van der Waals surface area contributed by atoms with Gasteiger partial charge in [0.1, 0.15) is 15.5 Å². The minimum atomic E-state index is -0.884. The van der Waals surface area contributed by atoms with Gasteiger partial charge in [0.15, 0.2) is 0 Å². The number of carbonyl (C=O) groups excluding carboxylic acids is 1. The van der Waals surface area contributed by atoms with Crippen LogP contribution in [0, 0.1) is 12.7 Å². The molecule has 2 bridgehead atoms. The number of nitrogens with two attached hydrogens (primary N) is 1. The molecule has 2 aromatic heterocycles. The molecular weight excluding hydrogens is 481 g/mol. The Bertz CT molecular complexity index is 1380. The minimum Gasteiger partial charge on any atom is -0.465 e. The standard InChI is InChI=1S/C26H28FN5O3S/c1-13-2-7-19-22(28)23(36-25(19)29-13)24(33)30-16-4-3-14-10-21(20(27)9-15(14)8-16)31-11-17-5-6-18(12-31)32(17)26(34)35/h2,7,9-10,16-18H,3-6,8,11-12,28H2,1H3,(H,30,33)(H,34,35). The number of anilines is 2.